The number of para-hydroxylation sites is 1. The van der Waals surface area contributed by atoms with Crippen LogP contribution in [0.4, 0.5) is 5.69 Å². The van der Waals surface area contributed by atoms with Gasteiger partial charge in [0.05, 0.1) is 6.33 Å². The molecule has 0 aliphatic rings. The SMILES string of the molecule is Cn1c(=O)c2c(ncn2CC(=O)OCC(=O)Nc2ccc(Oc3ccccc3)cc2)n(C)c1=O. The van der Waals surface area contributed by atoms with Gasteiger partial charge in [-0.15, -0.1) is 0 Å². The first-order chi connectivity index (χ1) is 16.3. The molecule has 174 valence electrons. The molecule has 1 amide bonds. The lowest BCUT2D eigenvalue weighted by Gasteiger charge is -2.09. The van der Waals surface area contributed by atoms with E-state index in [0.717, 1.165) is 4.57 Å². The third kappa shape index (κ3) is 4.72. The molecule has 2 aromatic heterocycles. The fourth-order valence-corrected chi connectivity index (χ4v) is 3.28. The van der Waals surface area contributed by atoms with Crippen LogP contribution in [-0.4, -0.2) is 37.2 Å². The molecule has 34 heavy (non-hydrogen) atoms. The summed E-state index contributed by atoms with van der Waals surface area (Å²) in [5.41, 5.74) is -0.365. The van der Waals surface area contributed by atoms with E-state index in [4.69, 9.17) is 9.47 Å². The minimum Gasteiger partial charge on any atom is -0.457 e. The molecule has 0 fully saturated rings. The highest BCUT2D eigenvalue weighted by Crippen LogP contribution is 2.22. The van der Waals surface area contributed by atoms with E-state index in [9.17, 15) is 19.2 Å². The molecule has 0 saturated heterocycles. The number of amides is 1. The molecule has 1 N–H and O–H groups in total. The number of imidazole rings is 1. The van der Waals surface area contributed by atoms with Crippen LogP contribution in [0.3, 0.4) is 0 Å². The Morgan fingerprint density at radius 3 is 2.32 bits per heavy atom. The Balaban J connectivity index is 1.33. The third-order valence-electron chi connectivity index (χ3n) is 5.00. The van der Waals surface area contributed by atoms with Crippen molar-refractivity contribution >= 4 is 28.7 Å². The molecule has 11 heteroatoms. The number of anilines is 1. The highest BCUT2D eigenvalue weighted by Gasteiger charge is 2.17. The van der Waals surface area contributed by atoms with Gasteiger partial charge in [-0.05, 0) is 36.4 Å². The van der Waals surface area contributed by atoms with Crippen LogP contribution in [0, 0.1) is 0 Å². The van der Waals surface area contributed by atoms with Crippen molar-refractivity contribution in [2.75, 3.05) is 11.9 Å². The van der Waals surface area contributed by atoms with Crippen LogP contribution in [0.5, 0.6) is 11.5 Å². The summed E-state index contributed by atoms with van der Waals surface area (Å²) in [6, 6.07) is 16.0. The predicted octanol–water partition coefficient (Wildman–Crippen LogP) is 1.41. The largest absolute Gasteiger partial charge is 0.457 e. The Labute approximate surface area is 192 Å². The van der Waals surface area contributed by atoms with Gasteiger partial charge >= 0.3 is 11.7 Å². The van der Waals surface area contributed by atoms with Crippen LogP contribution < -0.4 is 21.3 Å². The molecular formula is C23H21N5O6. The van der Waals surface area contributed by atoms with E-state index in [-0.39, 0.29) is 17.7 Å². The summed E-state index contributed by atoms with van der Waals surface area (Å²) >= 11 is 0. The van der Waals surface area contributed by atoms with Crippen molar-refractivity contribution in [2.24, 2.45) is 14.1 Å². The van der Waals surface area contributed by atoms with Crippen molar-refractivity contribution in [3.05, 3.63) is 81.8 Å². The van der Waals surface area contributed by atoms with Gasteiger partial charge < -0.3 is 19.4 Å². The molecular weight excluding hydrogens is 442 g/mol. The molecule has 4 rings (SSSR count). The summed E-state index contributed by atoms with van der Waals surface area (Å²) in [5.74, 6) is 0.0274. The van der Waals surface area contributed by atoms with Crippen LogP contribution >= 0.6 is 0 Å². The first kappa shape index (κ1) is 22.5. The fraction of sp³-hybridized carbons (Fsp3) is 0.174. The number of nitrogens with one attached hydrogen (secondary N) is 1. The molecule has 2 aromatic carbocycles. The number of carbonyl (C=O) groups is 2. The fourth-order valence-electron chi connectivity index (χ4n) is 3.28. The second-order valence-electron chi connectivity index (χ2n) is 7.40. The van der Waals surface area contributed by atoms with Crippen LogP contribution in [0.1, 0.15) is 0 Å². The Morgan fingerprint density at radius 1 is 0.941 bits per heavy atom. The summed E-state index contributed by atoms with van der Waals surface area (Å²) in [7, 11) is 2.81. The number of ether oxygens (including phenoxy) is 2. The van der Waals surface area contributed by atoms with E-state index in [1.807, 2.05) is 30.3 Å². The minimum atomic E-state index is -0.739. The summed E-state index contributed by atoms with van der Waals surface area (Å²) in [5, 5.41) is 2.62. The lowest BCUT2D eigenvalue weighted by Crippen LogP contribution is -2.37. The molecule has 0 aliphatic carbocycles. The smallest absolute Gasteiger partial charge is 0.332 e. The van der Waals surface area contributed by atoms with Crippen molar-refractivity contribution in [2.45, 2.75) is 6.54 Å². The molecule has 4 aromatic rings. The van der Waals surface area contributed by atoms with Crippen LogP contribution in [0.2, 0.25) is 0 Å². The van der Waals surface area contributed by atoms with Gasteiger partial charge in [0.15, 0.2) is 17.8 Å². The van der Waals surface area contributed by atoms with Gasteiger partial charge in [0.25, 0.3) is 11.5 Å². The highest BCUT2D eigenvalue weighted by atomic mass is 16.5. The van der Waals surface area contributed by atoms with Gasteiger partial charge in [-0.1, -0.05) is 18.2 Å². The average molecular weight is 463 g/mol. The van der Waals surface area contributed by atoms with Crippen LogP contribution in [-0.2, 0) is 35.0 Å². The van der Waals surface area contributed by atoms with E-state index in [0.29, 0.717) is 17.2 Å². The second kappa shape index (κ2) is 9.45. The number of benzene rings is 2. The van der Waals surface area contributed by atoms with Crippen molar-refractivity contribution in [1.29, 1.82) is 0 Å². The monoisotopic (exact) mass is 463 g/mol. The third-order valence-corrected chi connectivity index (χ3v) is 5.00. The number of hydrogen-bond donors (Lipinski definition) is 1. The molecule has 11 nitrogen and oxygen atoms in total. The van der Waals surface area contributed by atoms with Gasteiger partial charge in [-0.3, -0.25) is 23.5 Å². The van der Waals surface area contributed by atoms with Gasteiger partial charge in [-0.25, -0.2) is 9.78 Å². The number of esters is 1. The number of nitrogens with zero attached hydrogens (tertiary/aromatic N) is 4. The topological polar surface area (TPSA) is 126 Å². The maximum Gasteiger partial charge on any atom is 0.332 e. The van der Waals surface area contributed by atoms with Crippen LogP contribution in [0.15, 0.2) is 70.5 Å². The number of fused-ring (bicyclic) bond motifs is 1. The number of aromatic nitrogens is 4. The molecule has 0 unspecified atom stereocenters. The number of rotatable bonds is 7. The molecule has 2 heterocycles. The average Bonchev–Trinajstić information content (AvgIpc) is 3.25. The number of carbonyl (C=O) groups excluding carboxylic acids is 2. The molecule has 0 aliphatic heterocycles. The normalized spacial score (nSPS) is 10.8. The van der Waals surface area contributed by atoms with Gasteiger partial charge in [0.1, 0.15) is 18.0 Å². The Morgan fingerprint density at radius 2 is 1.62 bits per heavy atom. The Hall–Kier alpha value is -4.67. The zero-order chi connectivity index (χ0) is 24.2. The summed E-state index contributed by atoms with van der Waals surface area (Å²) in [4.78, 5) is 52.8. The maximum atomic E-state index is 12.4. The first-order valence-corrected chi connectivity index (χ1v) is 10.2. The minimum absolute atomic E-state index is 0.0869. The Kier molecular flexibility index (Phi) is 6.26. The van der Waals surface area contributed by atoms with E-state index < -0.39 is 29.7 Å². The maximum absolute atomic E-state index is 12.4. The molecule has 0 atom stereocenters. The van der Waals surface area contributed by atoms with E-state index in [2.05, 4.69) is 10.3 Å². The zero-order valence-electron chi connectivity index (χ0n) is 18.4. The van der Waals surface area contributed by atoms with E-state index in [1.165, 1.54) is 29.6 Å². The summed E-state index contributed by atoms with van der Waals surface area (Å²) in [6.07, 6.45) is 1.27. The molecule has 0 bridgehead atoms. The quantitative estimate of drug-likeness (QED) is 0.411. The highest BCUT2D eigenvalue weighted by molar-refractivity contribution is 5.92. The van der Waals surface area contributed by atoms with Crippen LogP contribution in [0.25, 0.3) is 11.2 Å². The van der Waals surface area contributed by atoms with Crippen molar-refractivity contribution in [1.82, 2.24) is 18.7 Å². The molecule has 0 radical (unpaired) electrons. The number of aryl methyl sites for hydroxylation is 1. The van der Waals surface area contributed by atoms with Gasteiger partial charge in [0, 0.05) is 19.8 Å². The zero-order valence-corrected chi connectivity index (χ0v) is 18.4. The summed E-state index contributed by atoms with van der Waals surface area (Å²) < 4.78 is 14.1. The van der Waals surface area contributed by atoms with Crippen molar-refractivity contribution < 1.29 is 19.1 Å². The van der Waals surface area contributed by atoms with Gasteiger partial charge in [0.2, 0.25) is 0 Å². The first-order valence-electron chi connectivity index (χ1n) is 10.2. The predicted molar refractivity (Wildman–Crippen MR) is 123 cm³/mol. The Bertz CT molecular complexity index is 1470. The standard InChI is InChI=1S/C23H21N5O6/c1-26-21-20(22(31)27(2)23(26)32)28(14-24-21)12-19(30)33-13-18(29)25-15-8-10-17(11-9-15)34-16-6-4-3-5-7-16/h3-11,14H,12-13H2,1-2H3,(H,25,29). The number of hydrogen-bond acceptors (Lipinski definition) is 7. The second-order valence-corrected chi connectivity index (χ2v) is 7.40. The molecule has 0 saturated carbocycles. The lowest BCUT2D eigenvalue weighted by atomic mass is 10.3. The van der Waals surface area contributed by atoms with Gasteiger partial charge in [-0.2, -0.15) is 0 Å². The van der Waals surface area contributed by atoms with E-state index in [1.54, 1.807) is 24.3 Å². The molecule has 0 spiro atoms. The van der Waals surface area contributed by atoms with E-state index >= 15 is 0 Å². The lowest BCUT2D eigenvalue weighted by molar-refractivity contribution is -0.147. The van der Waals surface area contributed by atoms with Crippen molar-refractivity contribution in [3.8, 4) is 11.5 Å². The van der Waals surface area contributed by atoms with Crippen molar-refractivity contribution in [3.63, 3.8) is 0 Å². The summed E-state index contributed by atoms with van der Waals surface area (Å²) in [6.45, 7) is -0.854.